The highest BCUT2D eigenvalue weighted by Crippen LogP contribution is 2.17. The smallest absolute Gasteiger partial charge is 0.305 e. The predicted octanol–water partition coefficient (Wildman–Crippen LogP) is 0.341. The molecule has 0 unspecified atom stereocenters. The summed E-state index contributed by atoms with van der Waals surface area (Å²) in [4.78, 5) is 9.58. The molecule has 0 saturated carbocycles. The summed E-state index contributed by atoms with van der Waals surface area (Å²) in [5, 5.41) is 17.1. The van der Waals surface area contributed by atoms with Gasteiger partial charge in [0.05, 0.1) is 11.1 Å². The van der Waals surface area contributed by atoms with Gasteiger partial charge in [0.2, 0.25) is 11.8 Å². The van der Waals surface area contributed by atoms with E-state index in [1.165, 1.54) is 12.3 Å². The molecule has 0 bridgehead atoms. The van der Waals surface area contributed by atoms with E-state index in [-0.39, 0.29) is 5.96 Å². The van der Waals surface area contributed by atoms with Gasteiger partial charge in [0.1, 0.15) is 0 Å². The van der Waals surface area contributed by atoms with Gasteiger partial charge in [-0.25, -0.2) is 0 Å². The molecular formula is C8H8FN5O2. The summed E-state index contributed by atoms with van der Waals surface area (Å²) >= 11 is 0. The van der Waals surface area contributed by atoms with E-state index >= 15 is 0 Å². The van der Waals surface area contributed by atoms with Gasteiger partial charge >= 0.3 is 5.69 Å². The Labute approximate surface area is 89.4 Å². The summed E-state index contributed by atoms with van der Waals surface area (Å²) in [6.45, 7) is 0. The van der Waals surface area contributed by atoms with Gasteiger partial charge in [-0.05, 0) is 12.1 Å². The van der Waals surface area contributed by atoms with Crippen LogP contribution in [0.2, 0.25) is 0 Å². The number of guanidine groups is 1. The Morgan fingerprint density at radius 2 is 2.19 bits per heavy atom. The summed E-state index contributed by atoms with van der Waals surface area (Å²) in [6, 6.07) is 3.31. The van der Waals surface area contributed by atoms with Crippen LogP contribution in [-0.2, 0) is 0 Å². The Bertz CT molecular complexity index is 467. The minimum Gasteiger partial charge on any atom is -0.369 e. The van der Waals surface area contributed by atoms with Crippen molar-refractivity contribution in [1.82, 2.24) is 0 Å². The maximum absolute atomic E-state index is 12.9. The number of halogens is 1. The van der Waals surface area contributed by atoms with E-state index in [0.717, 1.165) is 12.1 Å². The molecule has 1 rings (SSSR count). The standard InChI is InChI=1S/C8H8FN5O2/c9-6-2-1-5(3-7(6)14(15)16)4-12-13-8(10)11/h1-4H,(H4,10,11,13)/b12-4+. The largest absolute Gasteiger partial charge is 0.369 e. The quantitative estimate of drug-likeness (QED) is 0.333. The first-order chi connectivity index (χ1) is 7.50. The minimum atomic E-state index is -0.913. The van der Waals surface area contributed by atoms with E-state index in [2.05, 4.69) is 10.2 Å². The van der Waals surface area contributed by atoms with Gasteiger partial charge < -0.3 is 11.5 Å². The van der Waals surface area contributed by atoms with Crippen LogP contribution in [0.1, 0.15) is 5.56 Å². The number of hydrogen-bond donors (Lipinski definition) is 2. The Kier molecular flexibility index (Phi) is 3.49. The van der Waals surface area contributed by atoms with Crippen molar-refractivity contribution < 1.29 is 9.31 Å². The zero-order valence-electron chi connectivity index (χ0n) is 8.00. The number of nitro groups is 1. The van der Waals surface area contributed by atoms with E-state index in [1.54, 1.807) is 0 Å². The van der Waals surface area contributed by atoms with Crippen molar-refractivity contribution in [2.45, 2.75) is 0 Å². The molecule has 1 aromatic carbocycles. The highest BCUT2D eigenvalue weighted by Gasteiger charge is 2.13. The third-order valence-corrected chi connectivity index (χ3v) is 1.55. The fraction of sp³-hybridized carbons (Fsp3) is 0. The third kappa shape index (κ3) is 3.01. The maximum atomic E-state index is 12.9. The van der Waals surface area contributed by atoms with Gasteiger partial charge in [-0.2, -0.15) is 9.49 Å². The van der Waals surface area contributed by atoms with Crippen molar-refractivity contribution in [1.29, 1.82) is 0 Å². The van der Waals surface area contributed by atoms with Crippen LogP contribution in [0.15, 0.2) is 28.4 Å². The second kappa shape index (κ2) is 4.82. The molecule has 0 saturated heterocycles. The van der Waals surface area contributed by atoms with Crippen molar-refractivity contribution in [3.63, 3.8) is 0 Å². The number of benzene rings is 1. The molecule has 0 aliphatic heterocycles. The normalized spacial score (nSPS) is 10.3. The van der Waals surface area contributed by atoms with Crippen molar-refractivity contribution in [3.8, 4) is 0 Å². The van der Waals surface area contributed by atoms with Gasteiger partial charge in [0.15, 0.2) is 0 Å². The molecule has 1 aromatic rings. The van der Waals surface area contributed by atoms with Gasteiger partial charge in [-0.15, -0.1) is 5.10 Å². The number of rotatable bonds is 3. The van der Waals surface area contributed by atoms with Crippen molar-refractivity contribution in [3.05, 3.63) is 39.7 Å². The van der Waals surface area contributed by atoms with Crippen LogP contribution in [0.3, 0.4) is 0 Å². The second-order valence-electron chi connectivity index (χ2n) is 2.74. The van der Waals surface area contributed by atoms with Crippen LogP contribution in [-0.4, -0.2) is 17.1 Å². The molecule has 0 atom stereocenters. The predicted molar refractivity (Wildman–Crippen MR) is 56.5 cm³/mol. The van der Waals surface area contributed by atoms with Crippen LogP contribution in [0.4, 0.5) is 10.1 Å². The van der Waals surface area contributed by atoms with Crippen LogP contribution in [0.5, 0.6) is 0 Å². The zero-order chi connectivity index (χ0) is 12.1. The SMILES string of the molecule is NC(N)=N/N=C/c1ccc(F)c([N+](=O)[O-])c1. The van der Waals surface area contributed by atoms with Crippen LogP contribution in [0, 0.1) is 15.9 Å². The van der Waals surface area contributed by atoms with Crippen molar-refractivity contribution in [2.75, 3.05) is 0 Å². The lowest BCUT2D eigenvalue weighted by Crippen LogP contribution is -2.21. The number of nitrogens with two attached hydrogens (primary N) is 2. The van der Waals surface area contributed by atoms with E-state index in [9.17, 15) is 14.5 Å². The topological polar surface area (TPSA) is 120 Å². The summed E-state index contributed by atoms with van der Waals surface area (Å²) in [5.74, 6) is -1.16. The first-order valence-electron chi connectivity index (χ1n) is 4.06. The summed E-state index contributed by atoms with van der Waals surface area (Å²) in [7, 11) is 0. The number of hydrogen-bond acceptors (Lipinski definition) is 4. The average Bonchev–Trinajstić information content (AvgIpc) is 2.19. The Hall–Kier alpha value is -2.51. The zero-order valence-corrected chi connectivity index (χ0v) is 8.00. The molecule has 0 spiro atoms. The molecule has 0 aliphatic carbocycles. The maximum Gasteiger partial charge on any atom is 0.305 e. The van der Waals surface area contributed by atoms with Gasteiger partial charge in [-0.3, -0.25) is 10.1 Å². The second-order valence-corrected chi connectivity index (χ2v) is 2.74. The van der Waals surface area contributed by atoms with E-state index in [4.69, 9.17) is 11.5 Å². The van der Waals surface area contributed by atoms with E-state index in [1.807, 2.05) is 0 Å². The molecule has 84 valence electrons. The van der Waals surface area contributed by atoms with Gasteiger partial charge in [-0.1, -0.05) is 0 Å². The molecular weight excluding hydrogens is 217 g/mol. The van der Waals surface area contributed by atoms with Crippen LogP contribution in [0.25, 0.3) is 0 Å². The highest BCUT2D eigenvalue weighted by molar-refractivity contribution is 5.82. The number of nitrogens with zero attached hydrogens (tertiary/aromatic N) is 3. The number of nitro benzene ring substituents is 1. The van der Waals surface area contributed by atoms with Crippen molar-refractivity contribution >= 4 is 17.9 Å². The Balaban J connectivity index is 3.00. The summed E-state index contributed by atoms with van der Waals surface area (Å²) in [5.41, 5.74) is 9.70. The van der Waals surface area contributed by atoms with Crippen LogP contribution < -0.4 is 11.5 Å². The van der Waals surface area contributed by atoms with E-state index in [0.29, 0.717) is 5.56 Å². The van der Waals surface area contributed by atoms with Gasteiger partial charge in [0.25, 0.3) is 0 Å². The summed E-state index contributed by atoms with van der Waals surface area (Å²) < 4.78 is 12.9. The van der Waals surface area contributed by atoms with Crippen molar-refractivity contribution in [2.24, 2.45) is 21.7 Å². The monoisotopic (exact) mass is 225 g/mol. The third-order valence-electron chi connectivity index (χ3n) is 1.55. The van der Waals surface area contributed by atoms with Gasteiger partial charge in [0, 0.05) is 11.6 Å². The lowest BCUT2D eigenvalue weighted by atomic mass is 10.2. The molecule has 0 aliphatic rings. The molecule has 0 radical (unpaired) electrons. The average molecular weight is 225 g/mol. The molecule has 8 heteroatoms. The Morgan fingerprint density at radius 1 is 1.50 bits per heavy atom. The molecule has 0 heterocycles. The van der Waals surface area contributed by atoms with E-state index < -0.39 is 16.4 Å². The minimum absolute atomic E-state index is 0.243. The summed E-state index contributed by atoms with van der Waals surface area (Å²) in [6.07, 6.45) is 1.17. The molecule has 0 aromatic heterocycles. The first-order valence-corrected chi connectivity index (χ1v) is 4.06. The molecule has 7 nitrogen and oxygen atoms in total. The molecule has 16 heavy (non-hydrogen) atoms. The van der Waals surface area contributed by atoms with Crippen LogP contribution >= 0.6 is 0 Å². The molecule has 0 amide bonds. The molecule has 0 fully saturated rings. The lowest BCUT2D eigenvalue weighted by Gasteiger charge is -1.95. The molecule has 4 N–H and O–H groups in total. The highest BCUT2D eigenvalue weighted by atomic mass is 19.1. The fourth-order valence-electron chi connectivity index (χ4n) is 0.912. The first kappa shape index (κ1) is 11.6. The lowest BCUT2D eigenvalue weighted by molar-refractivity contribution is -0.387. The Morgan fingerprint density at radius 3 is 2.75 bits per heavy atom. The fourth-order valence-corrected chi connectivity index (χ4v) is 0.912.